The van der Waals surface area contributed by atoms with Crippen molar-refractivity contribution < 1.29 is 0 Å². The molecule has 62 valence electrons. The maximum Gasteiger partial charge on any atom is 0.328 e. The van der Waals surface area contributed by atoms with E-state index in [0.29, 0.717) is 13.1 Å². The molecule has 0 spiro atoms. The van der Waals surface area contributed by atoms with E-state index in [1.807, 2.05) is 6.92 Å². The lowest BCUT2D eigenvalue weighted by atomic mass is 10.6. The van der Waals surface area contributed by atoms with Gasteiger partial charge in [-0.2, -0.15) is 0 Å². The number of hydrogen-bond donors (Lipinski definition) is 1. The molecular formula is C7H13N3O. The maximum absolute atomic E-state index is 11.3. The molecule has 0 aliphatic heterocycles. The third-order valence-electron chi connectivity index (χ3n) is 1.63. The molecule has 0 atom stereocenters. The Bertz CT molecular complexity index is 273. The Morgan fingerprint density at radius 1 is 1.45 bits per heavy atom. The summed E-state index contributed by atoms with van der Waals surface area (Å²) in [7, 11) is 0. The first-order valence-corrected chi connectivity index (χ1v) is 3.75. The highest BCUT2D eigenvalue weighted by atomic mass is 16.1. The van der Waals surface area contributed by atoms with E-state index in [1.54, 1.807) is 21.5 Å². The molecule has 4 nitrogen and oxygen atoms in total. The number of imidazole rings is 1. The van der Waals surface area contributed by atoms with Crippen molar-refractivity contribution in [3.63, 3.8) is 0 Å². The van der Waals surface area contributed by atoms with Gasteiger partial charge >= 0.3 is 5.69 Å². The number of nitrogens with zero attached hydrogens (tertiary/aromatic N) is 2. The lowest BCUT2D eigenvalue weighted by Gasteiger charge is -1.96. The zero-order chi connectivity index (χ0) is 8.27. The van der Waals surface area contributed by atoms with Gasteiger partial charge in [0.1, 0.15) is 0 Å². The second-order valence-corrected chi connectivity index (χ2v) is 2.35. The molecule has 0 saturated carbocycles. The smallest absolute Gasteiger partial charge is 0.328 e. The molecule has 0 bridgehead atoms. The van der Waals surface area contributed by atoms with E-state index in [9.17, 15) is 4.79 Å². The molecular weight excluding hydrogens is 142 g/mol. The lowest BCUT2D eigenvalue weighted by Crippen LogP contribution is -2.25. The molecule has 0 saturated heterocycles. The van der Waals surface area contributed by atoms with Gasteiger partial charge in [-0.3, -0.25) is 9.13 Å². The van der Waals surface area contributed by atoms with Crippen LogP contribution in [0, 0.1) is 0 Å². The Morgan fingerprint density at radius 2 is 2.09 bits per heavy atom. The number of rotatable bonds is 3. The van der Waals surface area contributed by atoms with Crippen LogP contribution in [0.4, 0.5) is 0 Å². The summed E-state index contributed by atoms with van der Waals surface area (Å²) in [5, 5.41) is 0. The van der Waals surface area contributed by atoms with Crippen molar-refractivity contribution >= 4 is 0 Å². The van der Waals surface area contributed by atoms with Crippen LogP contribution < -0.4 is 11.4 Å². The normalized spacial score (nSPS) is 10.4. The second-order valence-electron chi connectivity index (χ2n) is 2.35. The van der Waals surface area contributed by atoms with Gasteiger partial charge in [-0.1, -0.05) is 0 Å². The Labute approximate surface area is 65.2 Å². The van der Waals surface area contributed by atoms with Gasteiger partial charge in [0.25, 0.3) is 0 Å². The first-order valence-electron chi connectivity index (χ1n) is 3.75. The summed E-state index contributed by atoms with van der Waals surface area (Å²) in [6.45, 7) is 3.77. The van der Waals surface area contributed by atoms with Crippen molar-refractivity contribution in [2.75, 3.05) is 6.54 Å². The summed E-state index contributed by atoms with van der Waals surface area (Å²) in [5.41, 5.74) is 5.34. The van der Waals surface area contributed by atoms with Gasteiger partial charge in [-0.05, 0) is 6.92 Å². The van der Waals surface area contributed by atoms with Crippen LogP contribution in [0.5, 0.6) is 0 Å². The van der Waals surface area contributed by atoms with Gasteiger partial charge in [-0.25, -0.2) is 4.79 Å². The molecule has 0 aliphatic rings. The average Bonchev–Trinajstić information content (AvgIpc) is 2.34. The van der Waals surface area contributed by atoms with Crippen LogP contribution in [0.3, 0.4) is 0 Å². The summed E-state index contributed by atoms with van der Waals surface area (Å²) in [6.07, 6.45) is 3.54. The fourth-order valence-electron chi connectivity index (χ4n) is 1.00. The minimum atomic E-state index is 0.0259. The van der Waals surface area contributed by atoms with E-state index in [4.69, 9.17) is 5.73 Å². The molecule has 0 aliphatic carbocycles. The van der Waals surface area contributed by atoms with Crippen LogP contribution in [0.15, 0.2) is 17.2 Å². The molecule has 4 heteroatoms. The first-order chi connectivity index (χ1) is 5.29. The molecule has 0 radical (unpaired) electrons. The molecule has 0 fully saturated rings. The van der Waals surface area contributed by atoms with Crippen molar-refractivity contribution in [1.29, 1.82) is 0 Å². The summed E-state index contributed by atoms with van der Waals surface area (Å²) >= 11 is 0. The molecule has 0 amide bonds. The van der Waals surface area contributed by atoms with E-state index in [2.05, 4.69) is 0 Å². The number of hydrogen-bond acceptors (Lipinski definition) is 2. The summed E-state index contributed by atoms with van der Waals surface area (Å²) in [5.74, 6) is 0. The molecule has 2 N–H and O–H groups in total. The zero-order valence-corrected chi connectivity index (χ0v) is 6.66. The van der Waals surface area contributed by atoms with Crippen LogP contribution >= 0.6 is 0 Å². The lowest BCUT2D eigenvalue weighted by molar-refractivity contribution is 0.633. The van der Waals surface area contributed by atoms with Gasteiger partial charge in [-0.15, -0.1) is 0 Å². The monoisotopic (exact) mass is 155 g/mol. The third-order valence-corrected chi connectivity index (χ3v) is 1.63. The van der Waals surface area contributed by atoms with Crippen LogP contribution in [0.1, 0.15) is 6.92 Å². The van der Waals surface area contributed by atoms with Gasteiger partial charge < -0.3 is 5.73 Å². The highest BCUT2D eigenvalue weighted by molar-refractivity contribution is 4.80. The van der Waals surface area contributed by atoms with Crippen LogP contribution in [-0.2, 0) is 13.1 Å². The fourth-order valence-corrected chi connectivity index (χ4v) is 1.00. The largest absolute Gasteiger partial charge is 0.329 e. The van der Waals surface area contributed by atoms with Crippen molar-refractivity contribution in [3.05, 3.63) is 22.9 Å². The van der Waals surface area contributed by atoms with E-state index in [0.717, 1.165) is 6.54 Å². The Kier molecular flexibility index (Phi) is 2.48. The van der Waals surface area contributed by atoms with Crippen LogP contribution in [0.2, 0.25) is 0 Å². The van der Waals surface area contributed by atoms with Gasteiger partial charge in [0.15, 0.2) is 0 Å². The maximum atomic E-state index is 11.3. The van der Waals surface area contributed by atoms with Crippen molar-refractivity contribution in [3.8, 4) is 0 Å². The van der Waals surface area contributed by atoms with E-state index in [-0.39, 0.29) is 5.69 Å². The fraction of sp³-hybridized carbons (Fsp3) is 0.571. The SMILES string of the molecule is CCn1ccn(CCN)c1=O. The third kappa shape index (κ3) is 1.51. The minimum absolute atomic E-state index is 0.0259. The standard InChI is InChI=1S/C7H13N3O/c1-2-9-5-6-10(4-3-8)7(9)11/h5-6H,2-4,8H2,1H3. The number of aromatic nitrogens is 2. The minimum Gasteiger partial charge on any atom is -0.329 e. The Balaban J connectivity index is 2.92. The van der Waals surface area contributed by atoms with Gasteiger partial charge in [0.2, 0.25) is 0 Å². The molecule has 1 aromatic rings. The molecule has 0 unspecified atom stereocenters. The quantitative estimate of drug-likeness (QED) is 0.647. The van der Waals surface area contributed by atoms with Crippen molar-refractivity contribution in [1.82, 2.24) is 9.13 Å². The van der Waals surface area contributed by atoms with E-state index < -0.39 is 0 Å². The molecule has 1 heterocycles. The van der Waals surface area contributed by atoms with Crippen LogP contribution in [-0.4, -0.2) is 15.7 Å². The summed E-state index contributed by atoms with van der Waals surface area (Å²) < 4.78 is 3.26. The summed E-state index contributed by atoms with van der Waals surface area (Å²) in [4.78, 5) is 11.3. The van der Waals surface area contributed by atoms with Gasteiger partial charge in [0, 0.05) is 32.0 Å². The molecule has 1 rings (SSSR count). The Hall–Kier alpha value is -1.03. The van der Waals surface area contributed by atoms with Crippen molar-refractivity contribution in [2.24, 2.45) is 5.73 Å². The predicted molar refractivity (Wildman–Crippen MR) is 43.4 cm³/mol. The van der Waals surface area contributed by atoms with Crippen LogP contribution in [0.25, 0.3) is 0 Å². The average molecular weight is 155 g/mol. The molecule has 11 heavy (non-hydrogen) atoms. The number of nitrogens with two attached hydrogens (primary N) is 1. The number of aryl methyl sites for hydroxylation is 1. The molecule has 1 aromatic heterocycles. The topological polar surface area (TPSA) is 52.9 Å². The predicted octanol–water partition coefficient (Wildman–Crippen LogP) is -0.372. The Morgan fingerprint density at radius 3 is 2.55 bits per heavy atom. The second kappa shape index (κ2) is 3.39. The highest BCUT2D eigenvalue weighted by Crippen LogP contribution is 1.83. The van der Waals surface area contributed by atoms with E-state index >= 15 is 0 Å². The first kappa shape index (κ1) is 8.07. The zero-order valence-electron chi connectivity index (χ0n) is 6.66. The van der Waals surface area contributed by atoms with Gasteiger partial charge in [0.05, 0.1) is 0 Å². The molecule has 0 aromatic carbocycles. The summed E-state index contributed by atoms with van der Waals surface area (Å²) in [6, 6.07) is 0. The van der Waals surface area contributed by atoms with Crippen molar-refractivity contribution in [2.45, 2.75) is 20.0 Å². The van der Waals surface area contributed by atoms with E-state index in [1.165, 1.54) is 0 Å². The highest BCUT2D eigenvalue weighted by Gasteiger charge is 1.98.